The fourth-order valence-electron chi connectivity index (χ4n) is 8.58. The van der Waals surface area contributed by atoms with Crippen LogP contribution in [0.25, 0.3) is 0 Å². The first-order valence-electron chi connectivity index (χ1n) is 23.9. The molecule has 0 spiro atoms. The van der Waals surface area contributed by atoms with Gasteiger partial charge in [0, 0.05) is 38.2 Å². The van der Waals surface area contributed by atoms with Gasteiger partial charge in [0.1, 0.15) is 24.2 Å². The van der Waals surface area contributed by atoms with Gasteiger partial charge in [-0.2, -0.15) is 0 Å². The number of nitrogens with zero attached hydrogens (tertiary/aromatic N) is 3. The van der Waals surface area contributed by atoms with Crippen LogP contribution in [0.5, 0.6) is 0 Å². The van der Waals surface area contributed by atoms with E-state index < -0.39 is 100 Å². The van der Waals surface area contributed by atoms with E-state index in [1.165, 1.54) is 49.0 Å². The third-order valence-corrected chi connectivity index (χ3v) is 13.9. The fraction of sp³-hybridized carbons (Fsp3) is 0.415. The number of nitrogens with one attached hydrogen (secondary N) is 4. The first-order chi connectivity index (χ1) is 34.0. The van der Waals surface area contributed by atoms with Gasteiger partial charge in [-0.05, 0) is 80.3 Å². The zero-order valence-electron chi connectivity index (χ0n) is 41.8. The number of benzene rings is 4. The Morgan fingerprint density at radius 1 is 0.736 bits per heavy atom. The molecule has 0 bridgehead atoms. The molecule has 19 heteroatoms. The van der Waals surface area contributed by atoms with E-state index in [4.69, 9.17) is 0 Å². The van der Waals surface area contributed by atoms with Crippen molar-refractivity contribution < 1.29 is 52.2 Å². The van der Waals surface area contributed by atoms with E-state index in [0.29, 0.717) is 12.0 Å². The van der Waals surface area contributed by atoms with E-state index in [-0.39, 0.29) is 55.0 Å². The summed E-state index contributed by atoms with van der Waals surface area (Å²) >= 11 is 0. The van der Waals surface area contributed by atoms with Gasteiger partial charge in [0.15, 0.2) is 0 Å². The Bertz CT molecular complexity index is 2660. The summed E-state index contributed by atoms with van der Waals surface area (Å²) in [6.45, 7) is 7.11. The zero-order chi connectivity index (χ0) is 52.9. The molecule has 72 heavy (non-hydrogen) atoms. The van der Waals surface area contributed by atoms with E-state index in [0.717, 1.165) is 21.7 Å². The predicted octanol–water partition coefficient (Wildman–Crippen LogP) is 3.85. The lowest BCUT2D eigenvalue weighted by Crippen LogP contribution is -2.58. The summed E-state index contributed by atoms with van der Waals surface area (Å²) in [5, 5.41) is 32.6. The normalized spacial score (nSPS) is 16.0. The maximum Gasteiger partial charge on any atom is 0.326 e. The van der Waals surface area contributed by atoms with Gasteiger partial charge in [-0.15, -0.1) is 0 Å². The van der Waals surface area contributed by atoms with E-state index in [9.17, 15) is 52.2 Å². The molecule has 0 radical (unpaired) electrons. The quantitative estimate of drug-likeness (QED) is 0.0623. The van der Waals surface area contributed by atoms with E-state index in [2.05, 4.69) is 21.3 Å². The van der Waals surface area contributed by atoms with E-state index >= 15 is 0 Å². The molecule has 1 aliphatic heterocycles. The summed E-state index contributed by atoms with van der Waals surface area (Å²) in [5.41, 5.74) is 2.15. The lowest BCUT2D eigenvalue weighted by Gasteiger charge is -2.34. The van der Waals surface area contributed by atoms with Gasteiger partial charge in [0.25, 0.3) is 11.8 Å². The number of carbonyl (C=O) groups is 7. The van der Waals surface area contributed by atoms with Crippen LogP contribution in [0.15, 0.2) is 109 Å². The van der Waals surface area contributed by atoms with Gasteiger partial charge in [-0.25, -0.2) is 13.2 Å². The summed E-state index contributed by atoms with van der Waals surface area (Å²) in [6, 6.07) is 24.9. The van der Waals surface area contributed by atoms with E-state index in [1.54, 1.807) is 61.5 Å². The van der Waals surface area contributed by atoms with Crippen LogP contribution in [-0.4, -0.2) is 133 Å². The third-order valence-electron chi connectivity index (χ3n) is 12.7. The van der Waals surface area contributed by atoms with Crippen molar-refractivity contribution in [1.82, 2.24) is 31.1 Å². The topological polar surface area (TPSA) is 252 Å². The fourth-order valence-corrected chi connectivity index (χ4v) is 9.07. The number of sulfonamides is 1. The summed E-state index contributed by atoms with van der Waals surface area (Å²) in [5.74, 6) is -5.24. The molecule has 1 aliphatic rings. The lowest BCUT2D eigenvalue weighted by atomic mass is 9.97. The monoisotopic (exact) mass is 1010 g/mol. The molecule has 386 valence electrons. The van der Waals surface area contributed by atoms with Crippen molar-refractivity contribution in [3.8, 4) is 0 Å². The molecule has 0 saturated carbocycles. The number of hydrogen-bond acceptors (Lipinski definition) is 10. The number of amides is 6. The number of carbonyl (C=O) groups excluding carboxylic acids is 6. The van der Waals surface area contributed by atoms with Crippen LogP contribution in [0, 0.1) is 5.92 Å². The Hall–Kier alpha value is -7.12. The van der Waals surface area contributed by atoms with Crippen molar-refractivity contribution in [3.63, 3.8) is 0 Å². The number of carboxylic acids is 1. The Morgan fingerprint density at radius 3 is 1.82 bits per heavy atom. The lowest BCUT2D eigenvalue weighted by molar-refractivity contribution is -0.152. The standard InChI is InChI=1S/C53H67N7O11S/c1-33(2)26-43(50(65)55-35(4)51(66)58(5)45(28-37-20-13-9-14-21-37)52(67)60-25-17-24-44(60)53(68)69)56-47(62)32-46(61)42(27-36-18-11-8-12-19-36)57-49(64)40-29-39(30-41(31-40)59(6)72(7,70)71)48(63)54-34(3)38-22-15-10-16-23-38/h8-16,18-23,29-31,33-35,42-46,61H,17,24-28,32H2,1-7H3,(H,54,63)(H,55,65)(H,56,62)(H,57,64)(H,68,69)/t34-,35+,42+,43+,44+,45-,46+/m1/s1. The number of carboxylic acid groups (broad SMARTS) is 1. The Morgan fingerprint density at radius 2 is 1.28 bits per heavy atom. The van der Waals surface area contributed by atoms with Crippen LogP contribution in [0.4, 0.5) is 5.69 Å². The number of anilines is 1. The Labute approximate surface area is 421 Å². The molecule has 1 heterocycles. The third kappa shape index (κ3) is 15.4. The van der Waals surface area contributed by atoms with Crippen molar-refractivity contribution in [2.75, 3.05) is 31.2 Å². The van der Waals surface area contributed by atoms with Crippen molar-refractivity contribution in [3.05, 3.63) is 137 Å². The molecule has 6 N–H and O–H groups in total. The maximum atomic E-state index is 14.2. The largest absolute Gasteiger partial charge is 0.480 e. The molecule has 1 fully saturated rings. The predicted molar refractivity (Wildman–Crippen MR) is 272 cm³/mol. The molecule has 0 unspecified atom stereocenters. The summed E-state index contributed by atoms with van der Waals surface area (Å²) in [7, 11) is -1.14. The van der Waals surface area contributed by atoms with Crippen LogP contribution in [0.3, 0.4) is 0 Å². The first-order valence-corrected chi connectivity index (χ1v) is 25.8. The van der Waals surface area contributed by atoms with Gasteiger partial charge in [0.05, 0.1) is 36.6 Å². The number of aliphatic carboxylic acids is 1. The molecule has 4 aromatic rings. The van der Waals surface area contributed by atoms with Crippen molar-refractivity contribution >= 4 is 57.1 Å². The van der Waals surface area contributed by atoms with Gasteiger partial charge in [-0.1, -0.05) is 105 Å². The molecule has 6 amide bonds. The number of aliphatic hydroxyl groups excluding tert-OH is 1. The molecule has 4 aromatic carbocycles. The van der Waals surface area contributed by atoms with Gasteiger partial charge < -0.3 is 41.3 Å². The van der Waals surface area contributed by atoms with Gasteiger partial charge in [0.2, 0.25) is 33.7 Å². The van der Waals surface area contributed by atoms with Crippen LogP contribution in [0.2, 0.25) is 0 Å². The number of aliphatic hydroxyl groups is 1. The minimum Gasteiger partial charge on any atom is -0.480 e. The number of likely N-dealkylation sites (N-methyl/N-ethyl adjacent to an activating group) is 1. The van der Waals surface area contributed by atoms with Crippen molar-refractivity contribution in [2.24, 2.45) is 5.92 Å². The van der Waals surface area contributed by atoms with Crippen LogP contribution < -0.4 is 25.6 Å². The minimum absolute atomic E-state index is 0.0101. The second kappa shape index (κ2) is 25.3. The average Bonchev–Trinajstić information content (AvgIpc) is 3.85. The van der Waals surface area contributed by atoms with Crippen molar-refractivity contribution in [1.29, 1.82) is 0 Å². The first kappa shape index (κ1) is 55.8. The number of rotatable bonds is 23. The van der Waals surface area contributed by atoms with Crippen LogP contribution in [0.1, 0.15) is 96.8 Å². The van der Waals surface area contributed by atoms with Gasteiger partial charge in [-0.3, -0.25) is 33.1 Å². The SMILES string of the molecule is CC(C)C[C@H](NC(=O)C[C@H](O)[C@H](Cc1ccccc1)NC(=O)c1cc(C(=O)N[C@H](C)c2ccccc2)cc(N(C)S(C)(=O)=O)c1)C(=O)N[C@@H](C)C(=O)N(C)[C@H](Cc1ccccc1)C(=O)N1CCC[C@H]1C(=O)O. The molecule has 0 aromatic heterocycles. The molecule has 5 rings (SSSR count). The Kier molecular flexibility index (Phi) is 19.6. The van der Waals surface area contributed by atoms with E-state index in [1.807, 2.05) is 50.2 Å². The molecular formula is C53H67N7O11S. The van der Waals surface area contributed by atoms with Gasteiger partial charge >= 0.3 is 5.97 Å². The maximum absolute atomic E-state index is 14.2. The zero-order valence-corrected chi connectivity index (χ0v) is 42.6. The summed E-state index contributed by atoms with van der Waals surface area (Å²) < 4.78 is 26.3. The second-order valence-electron chi connectivity index (χ2n) is 18.8. The molecule has 7 atom stereocenters. The number of likely N-dealkylation sites (tertiary alicyclic amines) is 1. The number of hydrogen-bond donors (Lipinski definition) is 6. The highest BCUT2D eigenvalue weighted by Crippen LogP contribution is 2.24. The molecule has 0 aliphatic carbocycles. The highest BCUT2D eigenvalue weighted by molar-refractivity contribution is 7.92. The smallest absolute Gasteiger partial charge is 0.326 e. The highest BCUT2D eigenvalue weighted by Gasteiger charge is 2.40. The van der Waals surface area contributed by atoms with Crippen LogP contribution >= 0.6 is 0 Å². The molecule has 1 saturated heterocycles. The summed E-state index contributed by atoms with van der Waals surface area (Å²) in [4.78, 5) is 98.2. The highest BCUT2D eigenvalue weighted by atomic mass is 32.2. The second-order valence-corrected chi connectivity index (χ2v) is 20.8. The Balaban J connectivity index is 1.33. The minimum atomic E-state index is -3.85. The molecular weight excluding hydrogens is 943 g/mol. The average molecular weight is 1010 g/mol. The molecule has 18 nitrogen and oxygen atoms in total. The van der Waals surface area contributed by atoms with Crippen molar-refractivity contribution in [2.45, 2.75) is 109 Å². The van der Waals surface area contributed by atoms with Crippen LogP contribution in [-0.2, 0) is 46.8 Å². The summed E-state index contributed by atoms with van der Waals surface area (Å²) in [6.07, 6.45) is -0.119.